The average Bonchev–Trinajstić information content (AvgIpc) is 2.74. The first-order chi connectivity index (χ1) is 13.3. The molecule has 0 bridgehead atoms. The maximum Gasteiger partial charge on any atom is 0.159 e. The Balaban J connectivity index is 1.52. The van der Waals surface area contributed by atoms with Crippen molar-refractivity contribution in [3.63, 3.8) is 0 Å². The summed E-state index contributed by atoms with van der Waals surface area (Å²) in [4.78, 5) is 9.27. The molecule has 1 aliphatic carbocycles. The minimum absolute atomic E-state index is 0.644. The van der Waals surface area contributed by atoms with E-state index in [9.17, 15) is 0 Å². The van der Waals surface area contributed by atoms with Crippen LogP contribution in [0.3, 0.4) is 0 Å². The Kier molecular flexibility index (Phi) is 7.67. The standard InChI is InChI=1S/C24H34N2O/c1-3-5-6-7-16-27-23-14-12-21(13-15-23)24-25-17-22(18-26-24)20-10-8-19(4-2)9-11-20/h12-15,17-20H,3-11,16H2,1-2H3. The summed E-state index contributed by atoms with van der Waals surface area (Å²) in [5.74, 6) is 3.30. The Morgan fingerprint density at radius 2 is 1.59 bits per heavy atom. The van der Waals surface area contributed by atoms with Crippen molar-refractivity contribution in [1.29, 1.82) is 0 Å². The van der Waals surface area contributed by atoms with Gasteiger partial charge >= 0.3 is 0 Å². The summed E-state index contributed by atoms with van der Waals surface area (Å²) >= 11 is 0. The van der Waals surface area contributed by atoms with E-state index >= 15 is 0 Å². The molecule has 0 saturated heterocycles. The molecule has 27 heavy (non-hydrogen) atoms. The summed E-state index contributed by atoms with van der Waals surface area (Å²) in [6.45, 7) is 5.33. The summed E-state index contributed by atoms with van der Waals surface area (Å²) in [5.41, 5.74) is 2.36. The van der Waals surface area contributed by atoms with E-state index in [1.807, 2.05) is 24.5 Å². The lowest BCUT2D eigenvalue weighted by atomic mass is 9.78. The maximum absolute atomic E-state index is 5.82. The second-order valence-corrected chi connectivity index (χ2v) is 7.90. The number of hydrogen-bond donors (Lipinski definition) is 0. The van der Waals surface area contributed by atoms with Crippen LogP contribution in [0, 0.1) is 5.92 Å². The maximum atomic E-state index is 5.82. The van der Waals surface area contributed by atoms with Gasteiger partial charge in [-0.1, -0.05) is 39.5 Å². The van der Waals surface area contributed by atoms with Gasteiger partial charge in [-0.05, 0) is 73.8 Å². The second-order valence-electron chi connectivity index (χ2n) is 7.90. The van der Waals surface area contributed by atoms with Gasteiger partial charge < -0.3 is 4.74 Å². The molecular formula is C24H34N2O. The molecule has 1 heterocycles. The zero-order valence-corrected chi connectivity index (χ0v) is 17.0. The highest BCUT2D eigenvalue weighted by Gasteiger charge is 2.21. The van der Waals surface area contributed by atoms with E-state index in [0.29, 0.717) is 5.92 Å². The molecule has 0 amide bonds. The van der Waals surface area contributed by atoms with E-state index in [-0.39, 0.29) is 0 Å². The third-order valence-electron chi connectivity index (χ3n) is 5.95. The van der Waals surface area contributed by atoms with E-state index in [0.717, 1.165) is 36.1 Å². The molecule has 0 radical (unpaired) electrons. The zero-order valence-electron chi connectivity index (χ0n) is 17.0. The minimum atomic E-state index is 0.644. The largest absolute Gasteiger partial charge is 0.494 e. The Labute approximate surface area is 164 Å². The number of ether oxygens (including phenoxy) is 1. The predicted molar refractivity (Wildman–Crippen MR) is 112 cm³/mol. The molecule has 3 heteroatoms. The van der Waals surface area contributed by atoms with Gasteiger partial charge in [0.2, 0.25) is 0 Å². The van der Waals surface area contributed by atoms with Crippen molar-refractivity contribution in [1.82, 2.24) is 9.97 Å². The number of unbranched alkanes of at least 4 members (excludes halogenated alkanes) is 3. The van der Waals surface area contributed by atoms with Gasteiger partial charge in [0.15, 0.2) is 5.82 Å². The van der Waals surface area contributed by atoms with Crippen LogP contribution in [0.4, 0.5) is 0 Å². The molecule has 1 aliphatic rings. The van der Waals surface area contributed by atoms with Gasteiger partial charge in [0.25, 0.3) is 0 Å². The highest BCUT2D eigenvalue weighted by molar-refractivity contribution is 5.56. The van der Waals surface area contributed by atoms with E-state index in [1.165, 1.54) is 56.9 Å². The fraction of sp³-hybridized carbons (Fsp3) is 0.583. The van der Waals surface area contributed by atoms with E-state index in [2.05, 4.69) is 35.9 Å². The molecule has 0 aliphatic heterocycles. The Bertz CT molecular complexity index is 658. The molecule has 3 nitrogen and oxygen atoms in total. The topological polar surface area (TPSA) is 35.0 Å². The molecular weight excluding hydrogens is 332 g/mol. The van der Waals surface area contributed by atoms with Crippen molar-refractivity contribution in [2.75, 3.05) is 6.61 Å². The van der Waals surface area contributed by atoms with Crippen LogP contribution in [0.15, 0.2) is 36.7 Å². The lowest BCUT2D eigenvalue weighted by Crippen LogP contribution is -2.13. The SMILES string of the molecule is CCCCCCOc1ccc(-c2ncc(C3CCC(CC)CC3)cn2)cc1. The average molecular weight is 367 g/mol. The molecule has 1 aromatic heterocycles. The van der Waals surface area contributed by atoms with Crippen molar-refractivity contribution < 1.29 is 4.74 Å². The van der Waals surface area contributed by atoms with Crippen molar-refractivity contribution >= 4 is 0 Å². The molecule has 0 unspecified atom stereocenters. The summed E-state index contributed by atoms with van der Waals surface area (Å²) in [7, 11) is 0. The molecule has 2 aromatic rings. The van der Waals surface area contributed by atoms with Crippen molar-refractivity contribution in [3.8, 4) is 17.1 Å². The molecule has 3 rings (SSSR count). The normalized spacial score (nSPS) is 19.8. The Morgan fingerprint density at radius 3 is 2.22 bits per heavy atom. The van der Waals surface area contributed by atoms with Gasteiger partial charge in [0.05, 0.1) is 6.61 Å². The summed E-state index contributed by atoms with van der Waals surface area (Å²) < 4.78 is 5.82. The lowest BCUT2D eigenvalue weighted by Gasteiger charge is -2.27. The highest BCUT2D eigenvalue weighted by Crippen LogP contribution is 2.36. The molecule has 1 aromatic carbocycles. The minimum Gasteiger partial charge on any atom is -0.494 e. The first kappa shape index (κ1) is 19.9. The van der Waals surface area contributed by atoms with Crippen LogP contribution in [-0.4, -0.2) is 16.6 Å². The van der Waals surface area contributed by atoms with Gasteiger partial charge in [-0.15, -0.1) is 0 Å². The van der Waals surface area contributed by atoms with Crippen LogP contribution in [-0.2, 0) is 0 Å². The molecule has 1 saturated carbocycles. The van der Waals surface area contributed by atoms with Crippen LogP contribution < -0.4 is 4.74 Å². The van der Waals surface area contributed by atoms with Crippen LogP contribution in [0.2, 0.25) is 0 Å². The molecule has 0 atom stereocenters. The van der Waals surface area contributed by atoms with Gasteiger partial charge in [-0.2, -0.15) is 0 Å². The quantitative estimate of drug-likeness (QED) is 0.458. The number of nitrogens with zero attached hydrogens (tertiary/aromatic N) is 2. The van der Waals surface area contributed by atoms with E-state index in [1.54, 1.807) is 0 Å². The molecule has 0 spiro atoms. The van der Waals surface area contributed by atoms with Crippen molar-refractivity contribution in [3.05, 3.63) is 42.2 Å². The lowest BCUT2D eigenvalue weighted by molar-refractivity contribution is 0.305. The number of benzene rings is 1. The zero-order chi connectivity index (χ0) is 18.9. The molecule has 1 fully saturated rings. The fourth-order valence-corrected chi connectivity index (χ4v) is 4.02. The van der Waals surface area contributed by atoms with E-state index < -0.39 is 0 Å². The van der Waals surface area contributed by atoms with Crippen LogP contribution >= 0.6 is 0 Å². The van der Waals surface area contributed by atoms with Gasteiger partial charge in [0, 0.05) is 18.0 Å². The predicted octanol–water partition coefficient (Wildman–Crippen LogP) is 6.79. The number of hydrogen-bond acceptors (Lipinski definition) is 3. The van der Waals surface area contributed by atoms with E-state index in [4.69, 9.17) is 4.74 Å². The van der Waals surface area contributed by atoms with Gasteiger partial charge in [0.1, 0.15) is 5.75 Å². The first-order valence-corrected chi connectivity index (χ1v) is 10.8. The number of aromatic nitrogens is 2. The molecule has 0 N–H and O–H groups in total. The smallest absolute Gasteiger partial charge is 0.159 e. The monoisotopic (exact) mass is 366 g/mol. The summed E-state index contributed by atoms with van der Waals surface area (Å²) in [6.07, 6.45) is 15.6. The van der Waals surface area contributed by atoms with Crippen LogP contribution in [0.1, 0.15) is 83.1 Å². The summed E-state index contributed by atoms with van der Waals surface area (Å²) in [6, 6.07) is 8.17. The molecule has 146 valence electrons. The third kappa shape index (κ3) is 5.79. The first-order valence-electron chi connectivity index (χ1n) is 10.8. The van der Waals surface area contributed by atoms with Gasteiger partial charge in [-0.3, -0.25) is 0 Å². The third-order valence-corrected chi connectivity index (χ3v) is 5.95. The highest BCUT2D eigenvalue weighted by atomic mass is 16.5. The van der Waals surface area contributed by atoms with Crippen molar-refractivity contribution in [2.45, 2.75) is 77.6 Å². The Morgan fingerprint density at radius 1 is 0.889 bits per heavy atom. The van der Waals surface area contributed by atoms with Gasteiger partial charge in [-0.25, -0.2) is 9.97 Å². The number of rotatable bonds is 9. The van der Waals surface area contributed by atoms with Crippen LogP contribution in [0.5, 0.6) is 5.75 Å². The van der Waals surface area contributed by atoms with Crippen molar-refractivity contribution in [2.24, 2.45) is 5.92 Å². The summed E-state index contributed by atoms with van der Waals surface area (Å²) in [5, 5.41) is 0. The van der Waals surface area contributed by atoms with Crippen LogP contribution in [0.25, 0.3) is 11.4 Å². The fourth-order valence-electron chi connectivity index (χ4n) is 4.02. The second kappa shape index (κ2) is 10.4. The Hall–Kier alpha value is -1.90.